The summed E-state index contributed by atoms with van der Waals surface area (Å²) in [6.07, 6.45) is 4.25. The normalized spacial score (nSPS) is 24.1. The number of likely N-dealkylation sites (tertiary alicyclic amines) is 1. The van der Waals surface area contributed by atoms with Gasteiger partial charge in [0.25, 0.3) is 5.92 Å². The first-order valence-electron chi connectivity index (χ1n) is 12.0. The molecule has 2 aromatic rings. The molecule has 0 aromatic carbocycles. The molecule has 34 heavy (non-hydrogen) atoms. The second-order valence-electron chi connectivity index (χ2n) is 10.2. The van der Waals surface area contributed by atoms with Crippen LogP contribution in [0, 0.1) is 16.7 Å². The van der Waals surface area contributed by atoms with Crippen molar-refractivity contribution >= 4 is 17.5 Å². The summed E-state index contributed by atoms with van der Waals surface area (Å²) in [7, 11) is 0. The summed E-state index contributed by atoms with van der Waals surface area (Å²) in [6.45, 7) is 4.41. The van der Waals surface area contributed by atoms with Gasteiger partial charge >= 0.3 is 0 Å². The van der Waals surface area contributed by atoms with E-state index < -0.39 is 11.3 Å². The molecule has 3 aliphatic heterocycles. The van der Waals surface area contributed by atoms with E-state index in [4.69, 9.17) is 9.72 Å². The second kappa shape index (κ2) is 8.14. The first-order chi connectivity index (χ1) is 16.4. The Morgan fingerprint density at radius 1 is 1.09 bits per heavy atom. The van der Waals surface area contributed by atoms with Crippen LogP contribution < -0.4 is 10.2 Å². The van der Waals surface area contributed by atoms with Crippen LogP contribution in [-0.2, 0) is 4.74 Å². The van der Waals surface area contributed by atoms with Crippen molar-refractivity contribution in [2.24, 2.45) is 5.41 Å². The number of hydrogen-bond acceptors (Lipinski definition) is 7. The number of nitrogens with one attached hydrogen (secondary N) is 1. The number of nitriles is 1. The molecule has 1 saturated carbocycles. The first-order valence-corrected chi connectivity index (χ1v) is 12.0. The number of rotatable bonds is 5. The molecule has 1 spiro atoms. The number of alkyl halides is 2. The highest BCUT2D eigenvalue weighted by Crippen LogP contribution is 2.59. The lowest BCUT2D eigenvalue weighted by Gasteiger charge is -2.60. The molecule has 2 aromatic heterocycles. The van der Waals surface area contributed by atoms with Gasteiger partial charge in [-0.05, 0) is 68.1 Å². The molecule has 4 aliphatic rings. The van der Waals surface area contributed by atoms with Crippen molar-refractivity contribution in [2.75, 3.05) is 49.6 Å². The molecule has 0 atom stereocenters. The Bertz CT molecular complexity index is 1120. The van der Waals surface area contributed by atoms with E-state index in [0.29, 0.717) is 48.7 Å². The van der Waals surface area contributed by atoms with E-state index in [1.165, 1.54) is 5.56 Å². The molecule has 0 bridgehead atoms. The maximum Gasteiger partial charge on any atom is 0.257 e. The zero-order valence-corrected chi connectivity index (χ0v) is 19.0. The lowest BCUT2D eigenvalue weighted by atomic mass is 9.60. The van der Waals surface area contributed by atoms with Gasteiger partial charge in [0, 0.05) is 25.7 Å². The molecule has 0 amide bonds. The fourth-order valence-corrected chi connectivity index (χ4v) is 5.63. The van der Waals surface area contributed by atoms with Gasteiger partial charge in [0.2, 0.25) is 0 Å². The standard InChI is InChI=1S/C25H28F2N6O/c26-25(27)5-4-24(25)15-33(16-24)23-11-19(18-2-7-32(8-3-18)20-13-34-14-20)10-22(31-23)30-21-9-17(12-28)1-6-29-21/h1,6,9-11,18,20H,2-5,7-8,13-16H2,(H,29,30,31). The number of aromatic nitrogens is 2. The first kappa shape index (κ1) is 21.7. The van der Waals surface area contributed by atoms with Gasteiger partial charge in [-0.15, -0.1) is 0 Å². The van der Waals surface area contributed by atoms with Crippen molar-refractivity contribution in [1.29, 1.82) is 5.26 Å². The van der Waals surface area contributed by atoms with E-state index in [-0.39, 0.29) is 6.42 Å². The molecule has 1 N–H and O–H groups in total. The molecule has 7 nitrogen and oxygen atoms in total. The Morgan fingerprint density at radius 3 is 2.50 bits per heavy atom. The monoisotopic (exact) mass is 466 g/mol. The van der Waals surface area contributed by atoms with Crippen LogP contribution in [0.25, 0.3) is 0 Å². The highest BCUT2D eigenvalue weighted by atomic mass is 19.3. The topological polar surface area (TPSA) is 77.3 Å². The number of halogens is 2. The van der Waals surface area contributed by atoms with E-state index in [9.17, 15) is 14.0 Å². The molecular weight excluding hydrogens is 438 g/mol. The van der Waals surface area contributed by atoms with Crippen molar-refractivity contribution in [2.45, 2.75) is 43.6 Å². The van der Waals surface area contributed by atoms with E-state index >= 15 is 0 Å². The second-order valence-corrected chi connectivity index (χ2v) is 10.2. The number of hydrogen-bond donors (Lipinski definition) is 1. The lowest BCUT2D eigenvalue weighted by Crippen LogP contribution is -2.70. The number of pyridine rings is 2. The van der Waals surface area contributed by atoms with E-state index in [2.05, 4.69) is 27.3 Å². The van der Waals surface area contributed by atoms with Crippen molar-refractivity contribution < 1.29 is 13.5 Å². The van der Waals surface area contributed by atoms with Gasteiger partial charge < -0.3 is 15.0 Å². The Kier molecular flexibility index (Phi) is 5.19. The van der Waals surface area contributed by atoms with Gasteiger partial charge in [0.1, 0.15) is 17.5 Å². The van der Waals surface area contributed by atoms with E-state index in [0.717, 1.165) is 45.0 Å². The summed E-state index contributed by atoms with van der Waals surface area (Å²) in [5, 5.41) is 12.4. The average molecular weight is 467 g/mol. The average Bonchev–Trinajstić information content (AvgIpc) is 2.77. The molecule has 0 unspecified atom stereocenters. The largest absolute Gasteiger partial charge is 0.378 e. The molecule has 4 fully saturated rings. The summed E-state index contributed by atoms with van der Waals surface area (Å²) in [6, 6.07) is 10.1. The van der Waals surface area contributed by atoms with Gasteiger partial charge in [-0.2, -0.15) is 5.26 Å². The number of piperidine rings is 1. The van der Waals surface area contributed by atoms with Crippen LogP contribution in [0.5, 0.6) is 0 Å². The highest BCUT2D eigenvalue weighted by Gasteiger charge is 2.67. The van der Waals surface area contributed by atoms with Gasteiger partial charge in [0.05, 0.1) is 36.3 Å². The Balaban J connectivity index is 1.24. The van der Waals surface area contributed by atoms with E-state index in [1.807, 2.05) is 11.0 Å². The third kappa shape index (κ3) is 3.69. The molecule has 6 rings (SSSR count). The van der Waals surface area contributed by atoms with Gasteiger partial charge in [0.15, 0.2) is 0 Å². The summed E-state index contributed by atoms with van der Waals surface area (Å²) in [5.74, 6) is -0.272. The van der Waals surface area contributed by atoms with Gasteiger partial charge in [-0.1, -0.05) is 0 Å². The van der Waals surface area contributed by atoms with Gasteiger partial charge in [-0.3, -0.25) is 4.90 Å². The summed E-state index contributed by atoms with van der Waals surface area (Å²) >= 11 is 0. The predicted octanol–water partition coefficient (Wildman–Crippen LogP) is 3.91. The minimum atomic E-state index is -2.57. The van der Waals surface area contributed by atoms with Crippen LogP contribution in [0.15, 0.2) is 30.5 Å². The molecule has 1 aliphatic carbocycles. The fraction of sp³-hybridized carbons (Fsp3) is 0.560. The summed E-state index contributed by atoms with van der Waals surface area (Å²) in [4.78, 5) is 13.6. The van der Waals surface area contributed by atoms with Crippen LogP contribution in [0.3, 0.4) is 0 Å². The van der Waals surface area contributed by atoms with E-state index in [1.54, 1.807) is 18.3 Å². The SMILES string of the molecule is N#Cc1ccnc(Nc2cc(C3CCN(C4COC4)CC3)cc(N3CC4(CCC4(F)F)C3)n2)c1. The van der Waals surface area contributed by atoms with Crippen molar-refractivity contribution in [3.63, 3.8) is 0 Å². The summed E-state index contributed by atoms with van der Waals surface area (Å²) in [5.41, 5.74) is 0.810. The molecule has 5 heterocycles. The molecule has 0 radical (unpaired) electrons. The minimum Gasteiger partial charge on any atom is -0.378 e. The third-order valence-corrected chi connectivity index (χ3v) is 8.12. The number of nitrogens with zero attached hydrogens (tertiary/aromatic N) is 5. The third-order valence-electron chi connectivity index (χ3n) is 8.12. The Morgan fingerprint density at radius 2 is 1.88 bits per heavy atom. The summed E-state index contributed by atoms with van der Waals surface area (Å²) < 4.78 is 33.7. The number of ether oxygens (including phenoxy) is 1. The van der Waals surface area contributed by atoms with Crippen molar-refractivity contribution in [1.82, 2.24) is 14.9 Å². The predicted molar refractivity (Wildman–Crippen MR) is 123 cm³/mol. The minimum absolute atomic E-state index is 0.00732. The zero-order chi connectivity index (χ0) is 23.3. The van der Waals surface area contributed by atoms with Crippen LogP contribution in [0.2, 0.25) is 0 Å². The highest BCUT2D eigenvalue weighted by molar-refractivity contribution is 5.60. The molecule has 178 valence electrons. The maximum atomic E-state index is 14.2. The lowest BCUT2D eigenvalue weighted by molar-refractivity contribution is -0.212. The van der Waals surface area contributed by atoms with Crippen molar-refractivity contribution in [3.05, 3.63) is 41.6 Å². The van der Waals surface area contributed by atoms with Crippen LogP contribution >= 0.6 is 0 Å². The van der Waals surface area contributed by atoms with Gasteiger partial charge in [-0.25, -0.2) is 18.7 Å². The molecular formula is C25H28F2N6O. The Hall–Kier alpha value is -2.83. The smallest absolute Gasteiger partial charge is 0.257 e. The van der Waals surface area contributed by atoms with Crippen molar-refractivity contribution in [3.8, 4) is 6.07 Å². The van der Waals surface area contributed by atoms with Crippen LogP contribution in [0.1, 0.15) is 42.7 Å². The molecule has 3 saturated heterocycles. The van der Waals surface area contributed by atoms with Crippen LogP contribution in [0.4, 0.5) is 26.2 Å². The maximum absolute atomic E-state index is 14.2. The zero-order valence-electron chi connectivity index (χ0n) is 19.0. The van der Waals surface area contributed by atoms with Crippen LogP contribution in [-0.4, -0.2) is 66.2 Å². The number of anilines is 3. The Labute approximate surface area is 197 Å². The molecule has 9 heteroatoms. The fourth-order valence-electron chi connectivity index (χ4n) is 5.63. The quantitative estimate of drug-likeness (QED) is 0.716.